The molecule has 2 rings (SSSR count). The quantitative estimate of drug-likeness (QED) is 0.881. The fourth-order valence-corrected chi connectivity index (χ4v) is 3.67. The SMILES string of the molecule is Cc1cccc(NC(=O)[C@@H](C)N(c2ccc(Cl)cc2)S(C)(=O)=O)c1. The van der Waals surface area contributed by atoms with Gasteiger partial charge in [0.1, 0.15) is 6.04 Å². The lowest BCUT2D eigenvalue weighted by molar-refractivity contribution is -0.116. The summed E-state index contributed by atoms with van der Waals surface area (Å²) in [6.07, 6.45) is 1.07. The molecule has 2 aromatic rings. The highest BCUT2D eigenvalue weighted by molar-refractivity contribution is 7.92. The fraction of sp³-hybridized carbons (Fsp3) is 0.235. The van der Waals surface area contributed by atoms with Crippen molar-refractivity contribution in [2.45, 2.75) is 19.9 Å². The maximum absolute atomic E-state index is 12.5. The normalized spacial score (nSPS) is 12.5. The molecule has 0 saturated heterocycles. The molecule has 24 heavy (non-hydrogen) atoms. The number of carbonyl (C=O) groups excluding carboxylic acids is 1. The molecule has 0 bridgehead atoms. The van der Waals surface area contributed by atoms with Gasteiger partial charge in [0.25, 0.3) is 0 Å². The maximum atomic E-state index is 12.5. The molecule has 0 aliphatic rings. The van der Waals surface area contributed by atoms with Crippen molar-refractivity contribution in [3.8, 4) is 0 Å². The molecular formula is C17H19ClN2O3S. The number of nitrogens with zero attached hydrogens (tertiary/aromatic N) is 1. The Balaban J connectivity index is 2.29. The van der Waals surface area contributed by atoms with Crippen LogP contribution in [0.25, 0.3) is 0 Å². The van der Waals surface area contributed by atoms with E-state index in [0.29, 0.717) is 16.4 Å². The molecular weight excluding hydrogens is 348 g/mol. The Morgan fingerprint density at radius 3 is 2.33 bits per heavy atom. The number of hydrogen-bond donors (Lipinski definition) is 1. The molecule has 0 heterocycles. The highest BCUT2D eigenvalue weighted by atomic mass is 35.5. The van der Waals surface area contributed by atoms with Crippen LogP contribution in [0.2, 0.25) is 5.02 Å². The number of nitrogens with one attached hydrogen (secondary N) is 1. The van der Waals surface area contributed by atoms with Gasteiger partial charge in [0.05, 0.1) is 11.9 Å². The van der Waals surface area contributed by atoms with Crippen LogP contribution in [0.3, 0.4) is 0 Å². The average Bonchev–Trinajstić information content (AvgIpc) is 2.48. The third-order valence-corrected chi connectivity index (χ3v) is 4.95. The van der Waals surface area contributed by atoms with Crippen molar-refractivity contribution in [2.24, 2.45) is 0 Å². The summed E-state index contributed by atoms with van der Waals surface area (Å²) < 4.78 is 25.4. The van der Waals surface area contributed by atoms with E-state index in [1.165, 1.54) is 0 Å². The van der Waals surface area contributed by atoms with E-state index < -0.39 is 22.0 Å². The van der Waals surface area contributed by atoms with Gasteiger partial charge in [-0.2, -0.15) is 0 Å². The summed E-state index contributed by atoms with van der Waals surface area (Å²) >= 11 is 5.85. The van der Waals surface area contributed by atoms with Crippen molar-refractivity contribution < 1.29 is 13.2 Å². The van der Waals surface area contributed by atoms with Crippen LogP contribution in [-0.2, 0) is 14.8 Å². The second kappa shape index (κ2) is 7.23. The van der Waals surface area contributed by atoms with E-state index in [1.54, 1.807) is 37.3 Å². The highest BCUT2D eigenvalue weighted by Gasteiger charge is 2.29. The standard InChI is InChI=1S/C17H19ClN2O3S/c1-12-5-4-6-15(11-12)19-17(21)13(2)20(24(3,22)23)16-9-7-14(18)8-10-16/h4-11,13H,1-3H3,(H,19,21)/t13-/m1/s1. The van der Waals surface area contributed by atoms with Crippen LogP contribution >= 0.6 is 11.6 Å². The monoisotopic (exact) mass is 366 g/mol. The molecule has 0 fully saturated rings. The Labute approximate surface area is 147 Å². The van der Waals surface area contributed by atoms with Gasteiger partial charge in [-0.3, -0.25) is 9.10 Å². The van der Waals surface area contributed by atoms with Crippen LogP contribution in [0, 0.1) is 6.92 Å². The van der Waals surface area contributed by atoms with Crippen molar-refractivity contribution in [3.05, 3.63) is 59.1 Å². The maximum Gasteiger partial charge on any atom is 0.247 e. The van der Waals surface area contributed by atoms with Gasteiger partial charge in [0.15, 0.2) is 0 Å². The molecule has 0 unspecified atom stereocenters. The Kier molecular flexibility index (Phi) is 5.51. The van der Waals surface area contributed by atoms with Gasteiger partial charge in [-0.25, -0.2) is 8.42 Å². The topological polar surface area (TPSA) is 66.5 Å². The first-order valence-corrected chi connectivity index (χ1v) is 9.53. The van der Waals surface area contributed by atoms with E-state index in [0.717, 1.165) is 16.1 Å². The molecule has 128 valence electrons. The van der Waals surface area contributed by atoms with Gasteiger partial charge in [-0.05, 0) is 55.8 Å². The van der Waals surface area contributed by atoms with Gasteiger partial charge < -0.3 is 5.32 Å². The summed E-state index contributed by atoms with van der Waals surface area (Å²) in [7, 11) is -3.65. The predicted molar refractivity (Wildman–Crippen MR) is 98.0 cm³/mol. The lowest BCUT2D eigenvalue weighted by atomic mass is 10.2. The number of halogens is 1. The first-order chi connectivity index (χ1) is 11.2. The number of anilines is 2. The number of hydrogen-bond acceptors (Lipinski definition) is 3. The number of amides is 1. The largest absolute Gasteiger partial charge is 0.324 e. The minimum Gasteiger partial charge on any atom is -0.324 e. The third-order valence-electron chi connectivity index (χ3n) is 3.46. The smallest absolute Gasteiger partial charge is 0.247 e. The molecule has 1 N–H and O–H groups in total. The van der Waals surface area contributed by atoms with Crippen molar-refractivity contribution in [1.29, 1.82) is 0 Å². The van der Waals surface area contributed by atoms with Gasteiger partial charge >= 0.3 is 0 Å². The highest BCUT2D eigenvalue weighted by Crippen LogP contribution is 2.23. The molecule has 0 saturated carbocycles. The Hall–Kier alpha value is -2.05. The summed E-state index contributed by atoms with van der Waals surface area (Å²) in [4.78, 5) is 12.5. The minimum atomic E-state index is -3.65. The molecule has 0 spiro atoms. The second-order valence-corrected chi connectivity index (χ2v) is 7.87. The van der Waals surface area contributed by atoms with Crippen molar-refractivity contribution in [3.63, 3.8) is 0 Å². The zero-order chi connectivity index (χ0) is 17.9. The molecule has 0 radical (unpaired) electrons. The predicted octanol–water partition coefficient (Wildman–Crippen LogP) is 3.44. The number of aryl methyl sites for hydroxylation is 1. The van der Waals surface area contributed by atoms with E-state index in [2.05, 4.69) is 5.32 Å². The minimum absolute atomic E-state index is 0.383. The van der Waals surface area contributed by atoms with E-state index in [9.17, 15) is 13.2 Å². The zero-order valence-electron chi connectivity index (χ0n) is 13.7. The molecule has 5 nitrogen and oxygen atoms in total. The first-order valence-electron chi connectivity index (χ1n) is 7.31. The fourth-order valence-electron chi connectivity index (χ4n) is 2.37. The van der Waals surface area contributed by atoms with Crippen LogP contribution in [0.4, 0.5) is 11.4 Å². The Bertz CT molecular complexity index is 835. The number of benzene rings is 2. The van der Waals surface area contributed by atoms with Crippen molar-refractivity contribution in [2.75, 3.05) is 15.9 Å². The van der Waals surface area contributed by atoms with Gasteiger partial charge in [-0.15, -0.1) is 0 Å². The Morgan fingerprint density at radius 1 is 1.17 bits per heavy atom. The number of carbonyl (C=O) groups is 1. The zero-order valence-corrected chi connectivity index (χ0v) is 15.2. The lowest BCUT2D eigenvalue weighted by Gasteiger charge is -2.28. The van der Waals surface area contributed by atoms with Crippen molar-refractivity contribution in [1.82, 2.24) is 0 Å². The van der Waals surface area contributed by atoms with Gasteiger partial charge in [0.2, 0.25) is 15.9 Å². The summed E-state index contributed by atoms with van der Waals surface area (Å²) in [5.74, 6) is -0.416. The summed E-state index contributed by atoms with van der Waals surface area (Å²) in [6, 6.07) is 12.7. The molecule has 0 aromatic heterocycles. The molecule has 0 aliphatic heterocycles. The lowest BCUT2D eigenvalue weighted by Crippen LogP contribution is -2.45. The second-order valence-electron chi connectivity index (χ2n) is 5.57. The number of sulfonamides is 1. The van der Waals surface area contributed by atoms with E-state index >= 15 is 0 Å². The van der Waals surface area contributed by atoms with Crippen molar-refractivity contribution >= 4 is 38.9 Å². The molecule has 7 heteroatoms. The van der Waals surface area contributed by atoms with E-state index in [1.807, 2.05) is 25.1 Å². The van der Waals surface area contributed by atoms with E-state index in [4.69, 9.17) is 11.6 Å². The van der Waals surface area contributed by atoms with E-state index in [-0.39, 0.29) is 0 Å². The molecule has 2 aromatic carbocycles. The summed E-state index contributed by atoms with van der Waals surface area (Å²) in [5.41, 5.74) is 2.00. The van der Waals surface area contributed by atoms with Crippen LogP contribution < -0.4 is 9.62 Å². The van der Waals surface area contributed by atoms with Crippen LogP contribution in [-0.4, -0.2) is 26.6 Å². The third kappa shape index (κ3) is 4.49. The molecule has 1 atom stereocenters. The van der Waals surface area contributed by atoms with Gasteiger partial charge in [0, 0.05) is 10.7 Å². The molecule has 0 aliphatic carbocycles. The molecule has 1 amide bonds. The van der Waals surface area contributed by atoms with Crippen LogP contribution in [0.5, 0.6) is 0 Å². The Morgan fingerprint density at radius 2 is 1.79 bits per heavy atom. The first kappa shape index (κ1) is 18.3. The summed E-state index contributed by atoms with van der Waals surface area (Å²) in [6.45, 7) is 3.45. The van der Waals surface area contributed by atoms with Crippen LogP contribution in [0.1, 0.15) is 12.5 Å². The van der Waals surface area contributed by atoms with Gasteiger partial charge in [-0.1, -0.05) is 23.7 Å². The average molecular weight is 367 g/mol. The number of rotatable bonds is 5. The van der Waals surface area contributed by atoms with Crippen LogP contribution in [0.15, 0.2) is 48.5 Å². The summed E-state index contributed by atoms with van der Waals surface area (Å²) in [5, 5.41) is 3.23.